The van der Waals surface area contributed by atoms with E-state index in [-0.39, 0.29) is 5.91 Å². The van der Waals surface area contributed by atoms with Crippen LogP contribution in [-0.2, 0) is 16.3 Å². The predicted octanol–water partition coefficient (Wildman–Crippen LogP) is 5.28. The second kappa shape index (κ2) is 10.9. The zero-order valence-corrected chi connectivity index (χ0v) is 16.3. The van der Waals surface area contributed by atoms with Gasteiger partial charge in [-0.05, 0) is 29.3 Å². The minimum absolute atomic E-state index is 0.0762. The van der Waals surface area contributed by atoms with E-state index in [1.54, 1.807) is 23.5 Å². The van der Waals surface area contributed by atoms with Crippen LogP contribution >= 0.6 is 46.7 Å². The number of amides is 1. The summed E-state index contributed by atoms with van der Waals surface area (Å²) in [5.41, 5.74) is 2.31. The van der Waals surface area contributed by atoms with E-state index in [9.17, 15) is 4.79 Å². The summed E-state index contributed by atoms with van der Waals surface area (Å²) in [7, 11) is 0. The number of thioether (sulfide) groups is 2. The van der Waals surface area contributed by atoms with E-state index in [1.807, 2.05) is 48.5 Å². The Hall–Kier alpha value is -0.810. The maximum Gasteiger partial charge on any atom is 0.230 e. The van der Waals surface area contributed by atoms with Crippen molar-refractivity contribution in [1.29, 1.82) is 0 Å². The number of carbonyl (C=O) groups excluding carboxylic acids is 1. The number of benzene rings is 2. The molecule has 0 saturated heterocycles. The van der Waals surface area contributed by atoms with Crippen LogP contribution in [0.2, 0.25) is 10.0 Å². The third-order valence-corrected chi connectivity index (χ3v) is 5.83. The average molecular weight is 400 g/mol. The van der Waals surface area contributed by atoms with Gasteiger partial charge in [0.05, 0.1) is 5.75 Å². The Labute approximate surface area is 161 Å². The molecule has 6 heteroatoms. The summed E-state index contributed by atoms with van der Waals surface area (Å²) < 4.78 is 0. The molecule has 0 aliphatic rings. The van der Waals surface area contributed by atoms with Gasteiger partial charge >= 0.3 is 0 Å². The van der Waals surface area contributed by atoms with Crippen molar-refractivity contribution < 1.29 is 4.79 Å². The molecule has 0 aromatic heterocycles. The molecule has 0 heterocycles. The number of hydrogen-bond acceptors (Lipinski definition) is 3. The highest BCUT2D eigenvalue weighted by Gasteiger charge is 2.03. The monoisotopic (exact) mass is 399 g/mol. The van der Waals surface area contributed by atoms with Gasteiger partial charge in [0.25, 0.3) is 0 Å². The summed E-state index contributed by atoms with van der Waals surface area (Å²) in [6, 6.07) is 15.6. The Morgan fingerprint density at radius 2 is 1.71 bits per heavy atom. The molecule has 0 aliphatic carbocycles. The first kappa shape index (κ1) is 19.5. The minimum atomic E-state index is 0.0762. The van der Waals surface area contributed by atoms with Crippen molar-refractivity contribution in [1.82, 2.24) is 5.32 Å². The Morgan fingerprint density at radius 1 is 0.958 bits per heavy atom. The van der Waals surface area contributed by atoms with Gasteiger partial charge in [0.2, 0.25) is 5.91 Å². The highest BCUT2D eigenvalue weighted by atomic mass is 35.5. The molecule has 0 fully saturated rings. The van der Waals surface area contributed by atoms with E-state index in [0.29, 0.717) is 12.3 Å². The molecule has 1 amide bonds. The molecule has 0 atom stereocenters. The Balaban J connectivity index is 1.53. The highest BCUT2D eigenvalue weighted by molar-refractivity contribution is 7.99. The van der Waals surface area contributed by atoms with Gasteiger partial charge in [-0.3, -0.25) is 4.79 Å². The van der Waals surface area contributed by atoms with Gasteiger partial charge in [-0.2, -0.15) is 11.8 Å². The second-order valence-corrected chi connectivity index (χ2v) is 8.05. The van der Waals surface area contributed by atoms with Gasteiger partial charge in [0.15, 0.2) is 0 Å². The van der Waals surface area contributed by atoms with Crippen molar-refractivity contribution in [2.45, 2.75) is 11.5 Å². The zero-order chi connectivity index (χ0) is 17.2. The molecule has 0 unspecified atom stereocenters. The van der Waals surface area contributed by atoms with Crippen molar-refractivity contribution in [2.75, 3.05) is 18.1 Å². The third-order valence-electron chi connectivity index (χ3n) is 3.20. The first-order chi connectivity index (χ1) is 11.6. The summed E-state index contributed by atoms with van der Waals surface area (Å²) in [4.78, 5) is 11.8. The van der Waals surface area contributed by atoms with Gasteiger partial charge in [-0.15, -0.1) is 11.8 Å². The van der Waals surface area contributed by atoms with Crippen molar-refractivity contribution >= 4 is 52.6 Å². The van der Waals surface area contributed by atoms with E-state index in [4.69, 9.17) is 23.2 Å². The van der Waals surface area contributed by atoms with Gasteiger partial charge in [-0.1, -0.05) is 53.5 Å². The molecule has 0 saturated carbocycles. The largest absolute Gasteiger partial charge is 0.355 e. The quantitative estimate of drug-likeness (QED) is 0.581. The number of halogens is 2. The topological polar surface area (TPSA) is 29.1 Å². The third kappa shape index (κ3) is 7.39. The fourth-order valence-electron chi connectivity index (χ4n) is 1.95. The first-order valence-electron chi connectivity index (χ1n) is 7.55. The molecule has 0 aliphatic heterocycles. The predicted molar refractivity (Wildman–Crippen MR) is 108 cm³/mol. The van der Waals surface area contributed by atoms with E-state index in [1.165, 1.54) is 5.56 Å². The number of rotatable bonds is 9. The van der Waals surface area contributed by atoms with Crippen LogP contribution in [0, 0.1) is 0 Å². The van der Waals surface area contributed by atoms with E-state index in [0.717, 1.165) is 32.9 Å². The average Bonchev–Trinajstić information content (AvgIpc) is 2.58. The standard InChI is InChI=1S/C18H19Cl2NOS2/c19-16-7-5-14(6-8-16)11-24-13-18(22)21-9-10-23-12-15-3-1-2-4-17(15)20/h1-8H,9-13H2,(H,21,22). The molecular formula is C18H19Cl2NOS2. The summed E-state index contributed by atoms with van der Waals surface area (Å²) in [5, 5.41) is 4.48. The number of hydrogen-bond donors (Lipinski definition) is 1. The van der Waals surface area contributed by atoms with Crippen LogP contribution in [0.25, 0.3) is 0 Å². The summed E-state index contributed by atoms with van der Waals surface area (Å²) >= 11 is 15.3. The summed E-state index contributed by atoms with van der Waals surface area (Å²) in [6.07, 6.45) is 0. The van der Waals surface area contributed by atoms with Crippen molar-refractivity contribution in [3.05, 3.63) is 69.7 Å². The lowest BCUT2D eigenvalue weighted by Crippen LogP contribution is -2.27. The van der Waals surface area contributed by atoms with E-state index >= 15 is 0 Å². The summed E-state index contributed by atoms with van der Waals surface area (Å²) in [6.45, 7) is 0.676. The Morgan fingerprint density at radius 3 is 2.46 bits per heavy atom. The molecule has 128 valence electrons. The maximum absolute atomic E-state index is 11.8. The van der Waals surface area contributed by atoms with Gasteiger partial charge in [0, 0.05) is 33.8 Å². The molecule has 24 heavy (non-hydrogen) atoms. The Bertz CT molecular complexity index is 650. The molecule has 1 N–H and O–H groups in total. The lowest BCUT2D eigenvalue weighted by atomic mass is 10.2. The fourth-order valence-corrected chi connectivity index (χ4v) is 4.04. The van der Waals surface area contributed by atoms with Crippen molar-refractivity contribution in [3.8, 4) is 0 Å². The lowest BCUT2D eigenvalue weighted by molar-refractivity contribution is -0.118. The van der Waals surface area contributed by atoms with Crippen molar-refractivity contribution in [3.63, 3.8) is 0 Å². The molecule has 0 radical (unpaired) electrons. The van der Waals surface area contributed by atoms with Crippen LogP contribution in [0.4, 0.5) is 0 Å². The zero-order valence-electron chi connectivity index (χ0n) is 13.1. The lowest BCUT2D eigenvalue weighted by Gasteiger charge is -2.06. The molecular weight excluding hydrogens is 381 g/mol. The van der Waals surface area contributed by atoms with Crippen LogP contribution in [0.15, 0.2) is 48.5 Å². The molecule has 2 rings (SSSR count). The summed E-state index contributed by atoms with van der Waals surface area (Å²) in [5.74, 6) is 3.09. The van der Waals surface area contributed by atoms with Gasteiger partial charge < -0.3 is 5.32 Å². The molecule has 2 nitrogen and oxygen atoms in total. The molecule has 2 aromatic rings. The van der Waals surface area contributed by atoms with E-state index < -0.39 is 0 Å². The normalized spacial score (nSPS) is 10.6. The first-order valence-corrected chi connectivity index (χ1v) is 10.6. The number of carbonyl (C=O) groups is 1. The SMILES string of the molecule is O=C(CSCc1ccc(Cl)cc1)NCCSCc1ccccc1Cl. The molecule has 2 aromatic carbocycles. The minimum Gasteiger partial charge on any atom is -0.355 e. The fraction of sp³-hybridized carbons (Fsp3) is 0.278. The van der Waals surface area contributed by atoms with E-state index in [2.05, 4.69) is 5.32 Å². The van der Waals surface area contributed by atoms with Crippen molar-refractivity contribution in [2.24, 2.45) is 0 Å². The van der Waals surface area contributed by atoms with Crippen LogP contribution in [-0.4, -0.2) is 24.0 Å². The van der Waals surface area contributed by atoms with Gasteiger partial charge in [0.1, 0.15) is 0 Å². The smallest absolute Gasteiger partial charge is 0.230 e. The van der Waals surface area contributed by atoms with Crippen LogP contribution in [0.1, 0.15) is 11.1 Å². The maximum atomic E-state index is 11.8. The van der Waals surface area contributed by atoms with Gasteiger partial charge in [-0.25, -0.2) is 0 Å². The molecule has 0 bridgehead atoms. The Kier molecular flexibility index (Phi) is 8.89. The number of nitrogens with one attached hydrogen (secondary N) is 1. The highest BCUT2D eigenvalue weighted by Crippen LogP contribution is 2.20. The van der Waals surface area contributed by atoms with Crippen LogP contribution in [0.3, 0.4) is 0 Å². The van der Waals surface area contributed by atoms with Crippen LogP contribution < -0.4 is 5.32 Å². The second-order valence-electron chi connectivity index (χ2n) is 5.11. The molecule has 0 spiro atoms. The van der Waals surface area contributed by atoms with Crippen LogP contribution in [0.5, 0.6) is 0 Å².